The van der Waals surface area contributed by atoms with E-state index < -0.39 is 0 Å². The maximum atomic E-state index is 2.46. The van der Waals surface area contributed by atoms with E-state index in [-0.39, 0.29) is 5.41 Å². The molecule has 1 aliphatic carbocycles. The van der Waals surface area contributed by atoms with Crippen molar-refractivity contribution in [2.24, 2.45) is 0 Å². The van der Waals surface area contributed by atoms with E-state index in [0.29, 0.717) is 5.92 Å². The average Bonchev–Trinajstić information content (AvgIpc) is 3.90. The SMILES string of the molecule is CCC(C)c1ccc(CCCCCc2ccc(-n3c4ccc(-c5ccccc5)cc4c4cc(-c5ccc(N(c6ccc(-c7ccccc7)cc6)c6ccc7c(c6)C(C)(C)c6ccccc6-7)cc5)ccc43)cc2)cc1. The molecule has 1 unspecified atom stereocenters. The first-order chi connectivity index (χ1) is 36.3. The first kappa shape index (κ1) is 46.8. The summed E-state index contributed by atoms with van der Waals surface area (Å²) in [6.07, 6.45) is 7.10. The molecule has 0 spiro atoms. The third-order valence-electron chi connectivity index (χ3n) is 16.2. The van der Waals surface area contributed by atoms with Crippen LogP contribution in [0.5, 0.6) is 0 Å². The standard InChI is InChI=1S/C72H64N2/c1-5-50(2)53-29-25-51(26-30-53)17-9-6-10-18-52-27-37-62(38-28-52)74-70-45-35-58(55-21-13-8-14-22-55)47-66(70)67-48-59(36-46-71(67)74)57-33-41-61(42-34-57)73(60-39-31-56(32-40-60)54-19-11-7-12-20-54)63-43-44-65-64-23-15-16-24-68(64)72(3,4)69(65)49-63/h7-8,11-16,19-50H,5-6,9-10,17-18H2,1-4H3. The molecule has 1 atom stereocenters. The van der Waals surface area contributed by atoms with E-state index in [1.165, 1.54) is 126 Å². The van der Waals surface area contributed by atoms with E-state index in [1.54, 1.807) is 0 Å². The lowest BCUT2D eigenvalue weighted by Gasteiger charge is -2.28. The summed E-state index contributed by atoms with van der Waals surface area (Å²) in [5.41, 5.74) is 23.9. The van der Waals surface area contributed by atoms with Crippen LogP contribution in [0.25, 0.3) is 72.0 Å². The normalized spacial score (nSPS) is 13.0. The van der Waals surface area contributed by atoms with Gasteiger partial charge in [-0.15, -0.1) is 0 Å². The molecule has 0 radical (unpaired) electrons. The Labute approximate surface area is 438 Å². The van der Waals surface area contributed by atoms with E-state index in [1.807, 2.05) is 0 Å². The third kappa shape index (κ3) is 8.94. The van der Waals surface area contributed by atoms with Crippen molar-refractivity contribution in [1.29, 1.82) is 0 Å². The summed E-state index contributed by atoms with van der Waals surface area (Å²) in [6, 6.07) is 88.3. The second-order valence-corrected chi connectivity index (χ2v) is 21.1. The van der Waals surface area contributed by atoms with E-state index in [9.17, 15) is 0 Å². The highest BCUT2D eigenvalue weighted by atomic mass is 15.1. The van der Waals surface area contributed by atoms with Crippen LogP contribution in [0.4, 0.5) is 17.1 Å². The van der Waals surface area contributed by atoms with Crippen molar-refractivity contribution in [3.63, 3.8) is 0 Å². The number of aromatic nitrogens is 1. The molecule has 11 aromatic rings. The quantitative estimate of drug-likeness (QED) is 0.0930. The summed E-state index contributed by atoms with van der Waals surface area (Å²) < 4.78 is 2.46. The van der Waals surface area contributed by atoms with Gasteiger partial charge >= 0.3 is 0 Å². The molecule has 1 aromatic heterocycles. The molecule has 74 heavy (non-hydrogen) atoms. The van der Waals surface area contributed by atoms with Gasteiger partial charge < -0.3 is 9.47 Å². The molecule has 1 heterocycles. The Morgan fingerprint density at radius 2 is 0.865 bits per heavy atom. The molecular formula is C72H64N2. The molecule has 2 heteroatoms. The fourth-order valence-electron chi connectivity index (χ4n) is 11.7. The molecule has 362 valence electrons. The Kier molecular flexibility index (Phi) is 12.7. The second-order valence-electron chi connectivity index (χ2n) is 21.1. The van der Waals surface area contributed by atoms with Crippen molar-refractivity contribution < 1.29 is 0 Å². The highest BCUT2D eigenvalue weighted by Crippen LogP contribution is 2.51. The van der Waals surface area contributed by atoms with Crippen molar-refractivity contribution >= 4 is 38.9 Å². The summed E-state index contributed by atoms with van der Waals surface area (Å²) in [5.74, 6) is 0.630. The van der Waals surface area contributed by atoms with Crippen LogP contribution in [-0.4, -0.2) is 4.57 Å². The van der Waals surface area contributed by atoms with Crippen molar-refractivity contribution in [2.75, 3.05) is 4.90 Å². The van der Waals surface area contributed by atoms with Crippen LogP contribution in [0, 0.1) is 0 Å². The van der Waals surface area contributed by atoms with Gasteiger partial charge in [0.05, 0.1) is 11.0 Å². The van der Waals surface area contributed by atoms with Gasteiger partial charge in [0.1, 0.15) is 0 Å². The van der Waals surface area contributed by atoms with Crippen LogP contribution < -0.4 is 4.90 Å². The Morgan fingerprint density at radius 3 is 1.43 bits per heavy atom. The molecule has 2 nitrogen and oxygen atoms in total. The molecule has 0 saturated carbocycles. The monoisotopic (exact) mass is 957 g/mol. The van der Waals surface area contributed by atoms with Crippen molar-refractivity contribution in [3.8, 4) is 50.2 Å². The van der Waals surface area contributed by atoms with Gasteiger partial charge in [-0.3, -0.25) is 0 Å². The Hall–Kier alpha value is -8.20. The number of rotatable bonds is 15. The van der Waals surface area contributed by atoms with E-state index >= 15 is 0 Å². The van der Waals surface area contributed by atoms with E-state index in [4.69, 9.17) is 0 Å². The number of nitrogens with zero attached hydrogens (tertiary/aromatic N) is 2. The smallest absolute Gasteiger partial charge is 0.0541 e. The molecule has 0 N–H and O–H groups in total. The molecule has 12 rings (SSSR count). The fourth-order valence-corrected chi connectivity index (χ4v) is 11.7. The zero-order valence-corrected chi connectivity index (χ0v) is 43.2. The molecular weight excluding hydrogens is 893 g/mol. The Balaban J connectivity index is 0.852. The van der Waals surface area contributed by atoms with Crippen LogP contribution in [0.15, 0.2) is 237 Å². The molecule has 0 bridgehead atoms. The number of aryl methyl sites for hydroxylation is 2. The fraction of sp³-hybridized carbons (Fsp3) is 0.167. The van der Waals surface area contributed by atoms with Crippen molar-refractivity contribution in [3.05, 3.63) is 264 Å². The third-order valence-corrected chi connectivity index (χ3v) is 16.2. The molecule has 1 aliphatic rings. The summed E-state index contributed by atoms with van der Waals surface area (Å²) in [5, 5.41) is 2.50. The summed E-state index contributed by atoms with van der Waals surface area (Å²) in [4.78, 5) is 2.42. The van der Waals surface area contributed by atoms with Crippen LogP contribution in [-0.2, 0) is 18.3 Å². The largest absolute Gasteiger partial charge is 0.310 e. The van der Waals surface area contributed by atoms with Gasteiger partial charge in [-0.05, 0) is 183 Å². The lowest BCUT2D eigenvalue weighted by atomic mass is 9.82. The topological polar surface area (TPSA) is 8.17 Å². The summed E-state index contributed by atoms with van der Waals surface area (Å²) in [7, 11) is 0. The predicted molar refractivity (Wildman–Crippen MR) is 316 cm³/mol. The number of fused-ring (bicyclic) bond motifs is 6. The van der Waals surface area contributed by atoms with Gasteiger partial charge in [-0.2, -0.15) is 0 Å². The predicted octanol–water partition coefficient (Wildman–Crippen LogP) is 20.0. The highest BCUT2D eigenvalue weighted by Gasteiger charge is 2.35. The van der Waals surface area contributed by atoms with Crippen LogP contribution >= 0.6 is 0 Å². The van der Waals surface area contributed by atoms with Gasteiger partial charge in [0.25, 0.3) is 0 Å². The highest BCUT2D eigenvalue weighted by molar-refractivity contribution is 6.11. The van der Waals surface area contributed by atoms with Crippen molar-refractivity contribution in [1.82, 2.24) is 4.57 Å². The minimum atomic E-state index is -0.108. The molecule has 0 saturated heterocycles. The minimum Gasteiger partial charge on any atom is -0.310 e. The Bertz CT molecular complexity index is 3730. The molecule has 0 amide bonds. The number of hydrogen-bond acceptors (Lipinski definition) is 1. The number of benzene rings is 10. The lowest BCUT2D eigenvalue weighted by Crippen LogP contribution is -2.16. The minimum absolute atomic E-state index is 0.108. The zero-order valence-electron chi connectivity index (χ0n) is 43.2. The first-order valence-electron chi connectivity index (χ1n) is 26.9. The van der Waals surface area contributed by atoms with Crippen molar-refractivity contribution in [2.45, 2.75) is 77.6 Å². The Morgan fingerprint density at radius 1 is 0.405 bits per heavy atom. The zero-order chi connectivity index (χ0) is 50.2. The van der Waals surface area contributed by atoms with Crippen LogP contribution in [0.3, 0.4) is 0 Å². The van der Waals surface area contributed by atoms with Gasteiger partial charge in [-0.25, -0.2) is 0 Å². The van der Waals surface area contributed by atoms with Gasteiger partial charge in [0, 0.05) is 38.9 Å². The summed E-state index contributed by atoms with van der Waals surface area (Å²) in [6.45, 7) is 9.31. The van der Waals surface area contributed by atoms with E-state index in [2.05, 4.69) is 274 Å². The average molecular weight is 957 g/mol. The van der Waals surface area contributed by atoms with Crippen LogP contribution in [0.2, 0.25) is 0 Å². The molecule has 10 aromatic carbocycles. The maximum Gasteiger partial charge on any atom is 0.0541 e. The summed E-state index contributed by atoms with van der Waals surface area (Å²) >= 11 is 0. The first-order valence-corrected chi connectivity index (χ1v) is 26.9. The van der Waals surface area contributed by atoms with Gasteiger partial charge in [-0.1, -0.05) is 198 Å². The lowest BCUT2D eigenvalue weighted by molar-refractivity contribution is 0.660. The number of anilines is 3. The number of unbranched alkanes of at least 4 members (excludes halogenated alkanes) is 2. The van der Waals surface area contributed by atoms with Crippen LogP contribution in [0.1, 0.15) is 87.1 Å². The van der Waals surface area contributed by atoms with E-state index in [0.717, 1.165) is 29.9 Å². The molecule has 0 aliphatic heterocycles. The van der Waals surface area contributed by atoms with Gasteiger partial charge in [0.2, 0.25) is 0 Å². The number of hydrogen-bond donors (Lipinski definition) is 0. The maximum absolute atomic E-state index is 2.46. The molecule has 0 fully saturated rings. The second kappa shape index (κ2) is 20.0. The van der Waals surface area contributed by atoms with Gasteiger partial charge in [0.15, 0.2) is 0 Å².